The van der Waals surface area contributed by atoms with E-state index in [9.17, 15) is 13.2 Å². The van der Waals surface area contributed by atoms with Gasteiger partial charge in [0, 0.05) is 12.6 Å². The summed E-state index contributed by atoms with van der Waals surface area (Å²) < 4.78 is 39.4. The molecule has 5 heteroatoms. The second-order valence-electron chi connectivity index (χ2n) is 4.46. The minimum atomic E-state index is -4.40. The van der Waals surface area contributed by atoms with E-state index in [0.29, 0.717) is 6.42 Å². The fourth-order valence-electron chi connectivity index (χ4n) is 2.16. The van der Waals surface area contributed by atoms with E-state index in [1.165, 1.54) is 12.3 Å². The average molecular weight is 268 g/mol. The lowest BCUT2D eigenvalue weighted by Crippen LogP contribution is -2.23. The van der Waals surface area contributed by atoms with Gasteiger partial charge in [0.15, 0.2) is 0 Å². The Morgan fingerprint density at radius 3 is 2.84 bits per heavy atom. The van der Waals surface area contributed by atoms with Crippen LogP contribution in [-0.4, -0.2) is 11.0 Å². The number of alkyl halides is 3. The van der Waals surface area contributed by atoms with E-state index in [1.54, 1.807) is 6.92 Å². The zero-order chi connectivity index (χ0) is 13.9. The van der Waals surface area contributed by atoms with Crippen LogP contribution in [-0.2, 0) is 12.6 Å². The number of hydrogen-bond acceptors (Lipinski definition) is 2. The maximum Gasteiger partial charge on any atom is 0.420 e. The van der Waals surface area contributed by atoms with Crippen LogP contribution in [0.2, 0.25) is 0 Å². The van der Waals surface area contributed by atoms with Crippen molar-refractivity contribution < 1.29 is 13.2 Å². The van der Waals surface area contributed by atoms with Crippen LogP contribution < -0.4 is 5.32 Å². The largest absolute Gasteiger partial charge is 0.420 e. The quantitative estimate of drug-likeness (QED) is 0.847. The molecule has 0 aromatic carbocycles. The molecule has 1 aromatic rings. The van der Waals surface area contributed by atoms with Gasteiger partial charge in [-0.1, -0.05) is 12.8 Å². The first-order valence-corrected chi connectivity index (χ1v) is 6.32. The van der Waals surface area contributed by atoms with Crippen molar-refractivity contribution in [2.75, 3.05) is 5.32 Å². The fraction of sp³-hybridized carbons (Fsp3) is 0.500. The molecule has 2 nitrogen and oxygen atoms in total. The molecule has 0 saturated heterocycles. The van der Waals surface area contributed by atoms with Gasteiger partial charge in [-0.2, -0.15) is 13.2 Å². The number of hydrogen-bond donors (Lipinski definition) is 1. The van der Waals surface area contributed by atoms with Gasteiger partial charge < -0.3 is 5.32 Å². The zero-order valence-corrected chi connectivity index (χ0v) is 10.6. The van der Waals surface area contributed by atoms with Crippen LogP contribution >= 0.6 is 0 Å². The van der Waals surface area contributed by atoms with Crippen LogP contribution in [0.5, 0.6) is 0 Å². The molecule has 1 heterocycles. The summed E-state index contributed by atoms with van der Waals surface area (Å²) in [6.07, 6.45) is -0.201. The first kappa shape index (κ1) is 13.7. The van der Waals surface area contributed by atoms with Crippen molar-refractivity contribution in [3.8, 4) is 11.8 Å². The van der Waals surface area contributed by atoms with Gasteiger partial charge in [-0.05, 0) is 30.9 Å². The summed E-state index contributed by atoms with van der Waals surface area (Å²) in [4.78, 5) is 3.85. The lowest BCUT2D eigenvalue weighted by Gasteiger charge is -2.20. The highest BCUT2D eigenvalue weighted by Crippen LogP contribution is 2.37. The number of halogens is 3. The van der Waals surface area contributed by atoms with Crippen LogP contribution in [0.25, 0.3) is 0 Å². The Morgan fingerprint density at radius 2 is 2.26 bits per heavy atom. The summed E-state index contributed by atoms with van der Waals surface area (Å²) >= 11 is 0. The summed E-state index contributed by atoms with van der Waals surface area (Å²) in [5.41, 5.74) is -0.404. The van der Waals surface area contributed by atoms with Crippen LogP contribution in [0.4, 0.5) is 19.0 Å². The van der Waals surface area contributed by atoms with Crippen LogP contribution in [0.1, 0.15) is 37.3 Å². The smallest absolute Gasteiger partial charge is 0.356 e. The molecule has 2 rings (SSSR count). The van der Waals surface area contributed by atoms with Gasteiger partial charge in [0.1, 0.15) is 11.4 Å². The van der Waals surface area contributed by atoms with Crippen molar-refractivity contribution in [2.45, 2.75) is 44.8 Å². The van der Waals surface area contributed by atoms with E-state index < -0.39 is 11.7 Å². The SMILES string of the molecule is CCc1ccnc(NC2C#CCCC2)c1C(F)(F)F. The van der Waals surface area contributed by atoms with Crippen molar-refractivity contribution in [3.63, 3.8) is 0 Å². The minimum Gasteiger partial charge on any atom is -0.356 e. The summed E-state index contributed by atoms with van der Waals surface area (Å²) in [5.74, 6) is 5.73. The molecular weight excluding hydrogens is 253 g/mol. The number of nitrogens with zero attached hydrogens (tertiary/aromatic N) is 1. The van der Waals surface area contributed by atoms with Gasteiger partial charge in [-0.3, -0.25) is 0 Å². The Hall–Kier alpha value is -1.70. The number of rotatable bonds is 3. The van der Waals surface area contributed by atoms with Gasteiger partial charge >= 0.3 is 6.18 Å². The molecule has 102 valence electrons. The third kappa shape index (κ3) is 3.19. The molecule has 0 fully saturated rings. The third-order valence-corrected chi connectivity index (χ3v) is 3.08. The van der Waals surface area contributed by atoms with E-state index in [0.717, 1.165) is 19.3 Å². The molecule has 1 aromatic heterocycles. The molecular formula is C14H15F3N2. The molecule has 0 aliphatic heterocycles. The van der Waals surface area contributed by atoms with Crippen LogP contribution in [0.15, 0.2) is 12.3 Å². The predicted molar refractivity (Wildman–Crippen MR) is 67.7 cm³/mol. The van der Waals surface area contributed by atoms with Crippen molar-refractivity contribution in [2.24, 2.45) is 0 Å². The zero-order valence-electron chi connectivity index (χ0n) is 10.6. The third-order valence-electron chi connectivity index (χ3n) is 3.08. The topological polar surface area (TPSA) is 24.9 Å². The maximum atomic E-state index is 13.1. The van der Waals surface area contributed by atoms with Crippen LogP contribution in [0, 0.1) is 11.8 Å². The second-order valence-corrected chi connectivity index (χ2v) is 4.46. The second kappa shape index (κ2) is 5.52. The maximum absolute atomic E-state index is 13.1. The summed E-state index contributed by atoms with van der Waals surface area (Å²) in [6, 6.07) is 1.18. The minimum absolute atomic E-state index is 0.104. The summed E-state index contributed by atoms with van der Waals surface area (Å²) in [7, 11) is 0. The van der Waals surface area contributed by atoms with Gasteiger partial charge in [-0.15, -0.1) is 5.92 Å². The standard InChI is InChI=1S/C14H15F3N2/c1-2-10-8-9-18-13(12(10)14(15,16)17)19-11-6-4-3-5-7-11/h8-9,11H,2-4,6H2,1H3,(H,18,19). The molecule has 0 spiro atoms. The highest BCUT2D eigenvalue weighted by molar-refractivity contribution is 5.52. The van der Waals surface area contributed by atoms with E-state index in [4.69, 9.17) is 0 Å². The predicted octanol–water partition coefficient (Wildman–Crippen LogP) is 3.63. The molecule has 0 amide bonds. The molecule has 0 saturated carbocycles. The van der Waals surface area contributed by atoms with Gasteiger partial charge in [0.25, 0.3) is 0 Å². The van der Waals surface area contributed by atoms with E-state index in [1.807, 2.05) is 0 Å². The molecule has 1 atom stereocenters. The first-order chi connectivity index (χ1) is 9.02. The first-order valence-electron chi connectivity index (χ1n) is 6.32. The van der Waals surface area contributed by atoms with E-state index >= 15 is 0 Å². The molecule has 1 unspecified atom stereocenters. The number of nitrogens with one attached hydrogen (secondary N) is 1. The fourth-order valence-corrected chi connectivity index (χ4v) is 2.16. The average Bonchev–Trinajstić information content (AvgIpc) is 2.38. The van der Waals surface area contributed by atoms with E-state index in [2.05, 4.69) is 22.1 Å². The van der Waals surface area contributed by atoms with Crippen molar-refractivity contribution >= 4 is 5.82 Å². The Balaban J connectivity index is 2.35. The Morgan fingerprint density at radius 1 is 1.47 bits per heavy atom. The number of pyridine rings is 1. The Kier molecular flexibility index (Phi) is 3.98. The molecule has 0 radical (unpaired) electrons. The normalized spacial score (nSPS) is 18.6. The Bertz CT molecular complexity index is 512. The Labute approximate surface area is 110 Å². The molecule has 1 N–H and O–H groups in total. The molecule has 1 aliphatic carbocycles. The molecule has 0 bridgehead atoms. The van der Waals surface area contributed by atoms with Crippen LogP contribution in [0.3, 0.4) is 0 Å². The monoisotopic (exact) mass is 268 g/mol. The van der Waals surface area contributed by atoms with Crippen molar-refractivity contribution in [1.82, 2.24) is 4.98 Å². The van der Waals surface area contributed by atoms with Crippen molar-refractivity contribution in [1.29, 1.82) is 0 Å². The van der Waals surface area contributed by atoms with Crippen molar-refractivity contribution in [3.05, 3.63) is 23.4 Å². The number of anilines is 1. The number of aryl methyl sites for hydroxylation is 1. The molecule has 19 heavy (non-hydrogen) atoms. The number of aromatic nitrogens is 1. The van der Waals surface area contributed by atoms with Gasteiger partial charge in [0.05, 0.1) is 6.04 Å². The summed E-state index contributed by atoms with van der Waals surface area (Å²) in [6.45, 7) is 1.70. The van der Waals surface area contributed by atoms with Gasteiger partial charge in [-0.25, -0.2) is 4.98 Å². The van der Waals surface area contributed by atoms with Gasteiger partial charge in [0.2, 0.25) is 0 Å². The summed E-state index contributed by atoms with van der Waals surface area (Å²) in [5, 5.41) is 2.83. The van der Waals surface area contributed by atoms with E-state index in [-0.39, 0.29) is 17.4 Å². The molecule has 1 aliphatic rings. The highest BCUT2D eigenvalue weighted by atomic mass is 19.4. The lowest BCUT2D eigenvalue weighted by molar-refractivity contribution is -0.137. The lowest BCUT2D eigenvalue weighted by atomic mass is 10.0. The highest BCUT2D eigenvalue weighted by Gasteiger charge is 2.37.